The molecule has 17 heavy (non-hydrogen) atoms. The molecule has 1 nitrogen and oxygen atoms in total. The highest BCUT2D eigenvalue weighted by molar-refractivity contribution is 6.30. The van der Waals surface area contributed by atoms with Crippen molar-refractivity contribution in [1.29, 1.82) is 0 Å². The molecule has 0 N–H and O–H groups in total. The lowest BCUT2D eigenvalue weighted by Gasteiger charge is -2.02. The summed E-state index contributed by atoms with van der Waals surface area (Å²) in [4.78, 5) is 0. The monoisotopic (exact) mass is 244 g/mol. The Labute approximate surface area is 106 Å². The van der Waals surface area contributed by atoms with Gasteiger partial charge in [-0.2, -0.15) is 0 Å². The van der Waals surface area contributed by atoms with E-state index in [1.807, 2.05) is 54.6 Å². The van der Waals surface area contributed by atoms with Gasteiger partial charge in [-0.15, -0.1) is 0 Å². The van der Waals surface area contributed by atoms with Gasteiger partial charge < -0.3 is 4.74 Å². The Morgan fingerprint density at radius 3 is 2.35 bits per heavy atom. The van der Waals surface area contributed by atoms with Crippen LogP contribution in [0.3, 0.4) is 0 Å². The summed E-state index contributed by atoms with van der Waals surface area (Å²) in [6, 6.07) is 17.5. The Kier molecular flexibility index (Phi) is 4.23. The Balaban J connectivity index is 1.84. The molecule has 2 aromatic rings. The first-order chi connectivity index (χ1) is 8.34. The Hall–Kier alpha value is -1.73. The lowest BCUT2D eigenvalue weighted by atomic mass is 10.2. The van der Waals surface area contributed by atoms with Crippen molar-refractivity contribution >= 4 is 17.7 Å². The quantitative estimate of drug-likeness (QED) is 0.773. The maximum atomic E-state index is 5.78. The van der Waals surface area contributed by atoms with E-state index in [1.54, 1.807) is 0 Å². The lowest BCUT2D eigenvalue weighted by molar-refractivity contribution is 0.363. The molecule has 2 aromatic carbocycles. The minimum atomic E-state index is 0.552. The van der Waals surface area contributed by atoms with Crippen molar-refractivity contribution < 1.29 is 4.74 Å². The van der Waals surface area contributed by atoms with Gasteiger partial charge in [0.2, 0.25) is 0 Å². The zero-order valence-corrected chi connectivity index (χ0v) is 10.1. The summed E-state index contributed by atoms with van der Waals surface area (Å²) in [5, 5.41) is 0.720. The number of halogens is 1. The number of hydrogen-bond acceptors (Lipinski definition) is 1. The Morgan fingerprint density at radius 2 is 1.65 bits per heavy atom. The second-order valence-electron chi connectivity index (χ2n) is 3.58. The van der Waals surface area contributed by atoms with Crippen LogP contribution in [0.4, 0.5) is 0 Å². The molecule has 0 spiro atoms. The molecule has 0 amide bonds. The third kappa shape index (κ3) is 3.97. The molecular weight excluding hydrogens is 232 g/mol. The van der Waals surface area contributed by atoms with Crippen molar-refractivity contribution in [2.75, 3.05) is 6.61 Å². The summed E-state index contributed by atoms with van der Waals surface area (Å²) < 4.78 is 5.54. The number of benzene rings is 2. The zero-order valence-electron chi connectivity index (χ0n) is 9.34. The van der Waals surface area contributed by atoms with E-state index in [0.717, 1.165) is 10.8 Å². The Bertz CT molecular complexity index is 474. The minimum Gasteiger partial charge on any atom is -0.490 e. The molecule has 0 aliphatic carbocycles. The van der Waals surface area contributed by atoms with Crippen LogP contribution >= 0.6 is 11.6 Å². The highest BCUT2D eigenvalue weighted by atomic mass is 35.5. The van der Waals surface area contributed by atoms with E-state index in [1.165, 1.54) is 5.56 Å². The van der Waals surface area contributed by atoms with Crippen molar-refractivity contribution in [2.45, 2.75) is 0 Å². The van der Waals surface area contributed by atoms with Gasteiger partial charge in [-0.05, 0) is 35.9 Å². The van der Waals surface area contributed by atoms with E-state index in [0.29, 0.717) is 6.61 Å². The standard InChI is InChI=1S/C15H13ClO/c16-14-8-10-15(11-9-14)17-12-4-7-13-5-2-1-3-6-13/h1-11H,12H2. The summed E-state index contributed by atoms with van der Waals surface area (Å²) in [5.74, 6) is 0.826. The molecule has 0 aliphatic rings. The normalized spacial score (nSPS) is 10.6. The fraction of sp³-hybridized carbons (Fsp3) is 0.0667. The van der Waals surface area contributed by atoms with Crippen LogP contribution in [-0.4, -0.2) is 6.61 Å². The van der Waals surface area contributed by atoms with E-state index >= 15 is 0 Å². The highest BCUT2D eigenvalue weighted by Gasteiger charge is 1.91. The van der Waals surface area contributed by atoms with Crippen molar-refractivity contribution in [3.05, 3.63) is 71.3 Å². The van der Waals surface area contributed by atoms with Gasteiger partial charge in [-0.1, -0.05) is 48.0 Å². The fourth-order valence-electron chi connectivity index (χ4n) is 1.42. The molecule has 0 aromatic heterocycles. The smallest absolute Gasteiger partial charge is 0.119 e. The second kappa shape index (κ2) is 6.12. The zero-order chi connectivity index (χ0) is 11.9. The van der Waals surface area contributed by atoms with E-state index < -0.39 is 0 Å². The van der Waals surface area contributed by atoms with Crippen LogP contribution < -0.4 is 4.74 Å². The summed E-state index contributed by atoms with van der Waals surface area (Å²) >= 11 is 5.78. The summed E-state index contributed by atoms with van der Waals surface area (Å²) in [6.45, 7) is 0.552. The van der Waals surface area contributed by atoms with Gasteiger partial charge in [-0.25, -0.2) is 0 Å². The maximum absolute atomic E-state index is 5.78. The molecule has 86 valence electrons. The van der Waals surface area contributed by atoms with E-state index in [2.05, 4.69) is 12.1 Å². The summed E-state index contributed by atoms with van der Waals surface area (Å²) in [5.41, 5.74) is 1.17. The predicted molar refractivity (Wildman–Crippen MR) is 72.4 cm³/mol. The molecule has 0 saturated carbocycles. The SMILES string of the molecule is Clc1ccc(OCC=Cc2ccccc2)cc1. The van der Waals surface area contributed by atoms with Gasteiger partial charge in [0.25, 0.3) is 0 Å². The van der Waals surface area contributed by atoms with Crippen molar-refractivity contribution in [1.82, 2.24) is 0 Å². The van der Waals surface area contributed by atoms with E-state index in [9.17, 15) is 0 Å². The maximum Gasteiger partial charge on any atom is 0.119 e. The molecule has 0 aliphatic heterocycles. The number of hydrogen-bond donors (Lipinski definition) is 0. The van der Waals surface area contributed by atoms with E-state index in [-0.39, 0.29) is 0 Å². The lowest BCUT2D eigenvalue weighted by Crippen LogP contribution is -1.92. The van der Waals surface area contributed by atoms with Gasteiger partial charge in [0.15, 0.2) is 0 Å². The van der Waals surface area contributed by atoms with Crippen LogP contribution in [0.1, 0.15) is 5.56 Å². The molecule has 2 rings (SSSR count). The molecule has 0 bridgehead atoms. The number of rotatable bonds is 4. The van der Waals surface area contributed by atoms with Crippen LogP contribution in [0.15, 0.2) is 60.7 Å². The average Bonchev–Trinajstić information content (AvgIpc) is 2.38. The van der Waals surface area contributed by atoms with E-state index in [4.69, 9.17) is 16.3 Å². The van der Waals surface area contributed by atoms with Crippen LogP contribution in [0.25, 0.3) is 6.08 Å². The van der Waals surface area contributed by atoms with Crippen LogP contribution in [0.2, 0.25) is 5.02 Å². The van der Waals surface area contributed by atoms with Crippen molar-refractivity contribution in [3.63, 3.8) is 0 Å². The number of ether oxygens (including phenoxy) is 1. The Morgan fingerprint density at radius 1 is 0.941 bits per heavy atom. The molecule has 0 saturated heterocycles. The van der Waals surface area contributed by atoms with Gasteiger partial charge in [0, 0.05) is 5.02 Å². The third-order valence-electron chi connectivity index (χ3n) is 2.27. The first-order valence-corrected chi connectivity index (χ1v) is 5.82. The molecule has 0 heterocycles. The molecule has 0 fully saturated rings. The first kappa shape index (κ1) is 11.7. The van der Waals surface area contributed by atoms with Crippen molar-refractivity contribution in [2.24, 2.45) is 0 Å². The second-order valence-corrected chi connectivity index (χ2v) is 4.01. The fourth-order valence-corrected chi connectivity index (χ4v) is 1.55. The predicted octanol–water partition coefficient (Wildman–Crippen LogP) is 4.43. The van der Waals surface area contributed by atoms with Crippen LogP contribution in [0, 0.1) is 0 Å². The largest absolute Gasteiger partial charge is 0.490 e. The summed E-state index contributed by atoms with van der Waals surface area (Å²) in [6.07, 6.45) is 4.03. The van der Waals surface area contributed by atoms with Crippen molar-refractivity contribution in [3.8, 4) is 5.75 Å². The van der Waals surface area contributed by atoms with Crippen LogP contribution in [-0.2, 0) is 0 Å². The average molecular weight is 245 g/mol. The summed E-state index contributed by atoms with van der Waals surface area (Å²) in [7, 11) is 0. The molecule has 0 atom stereocenters. The van der Waals surface area contributed by atoms with Gasteiger partial charge >= 0.3 is 0 Å². The highest BCUT2D eigenvalue weighted by Crippen LogP contribution is 2.15. The molecule has 0 radical (unpaired) electrons. The van der Waals surface area contributed by atoms with Gasteiger partial charge in [0.1, 0.15) is 12.4 Å². The molecular formula is C15H13ClO. The third-order valence-corrected chi connectivity index (χ3v) is 2.52. The molecule has 2 heteroatoms. The first-order valence-electron chi connectivity index (χ1n) is 5.44. The van der Waals surface area contributed by atoms with Gasteiger partial charge in [0.05, 0.1) is 0 Å². The van der Waals surface area contributed by atoms with Gasteiger partial charge in [-0.3, -0.25) is 0 Å². The molecule has 0 unspecified atom stereocenters. The van der Waals surface area contributed by atoms with Crippen LogP contribution in [0.5, 0.6) is 5.75 Å². The minimum absolute atomic E-state index is 0.552. The topological polar surface area (TPSA) is 9.23 Å².